The average Bonchev–Trinajstić information content (AvgIpc) is 2.59. The van der Waals surface area contributed by atoms with E-state index < -0.39 is 6.04 Å². The van der Waals surface area contributed by atoms with Crippen LogP contribution in [0.15, 0.2) is 47.5 Å². The Morgan fingerprint density at radius 2 is 1.91 bits per heavy atom. The lowest BCUT2D eigenvalue weighted by molar-refractivity contribution is -0.119. The molecule has 0 aromatic heterocycles. The summed E-state index contributed by atoms with van der Waals surface area (Å²) in [5.41, 5.74) is 9.64. The molecule has 1 aliphatic rings. The molecule has 0 saturated carbocycles. The number of fused-ring (bicyclic) bond motifs is 1. The Hall–Kier alpha value is -2.33. The van der Waals surface area contributed by atoms with E-state index in [0.717, 1.165) is 16.8 Å². The Kier molecular flexibility index (Phi) is 3.62. The summed E-state index contributed by atoms with van der Waals surface area (Å²) in [6, 6.07) is 12.4. The summed E-state index contributed by atoms with van der Waals surface area (Å²) in [4.78, 5) is 18.6. The van der Waals surface area contributed by atoms with Crippen LogP contribution in [-0.2, 0) is 4.79 Å². The minimum absolute atomic E-state index is 0.0620. The zero-order chi connectivity index (χ0) is 15.9. The van der Waals surface area contributed by atoms with Crippen molar-refractivity contribution < 1.29 is 4.79 Å². The van der Waals surface area contributed by atoms with Gasteiger partial charge in [0.1, 0.15) is 6.04 Å². The van der Waals surface area contributed by atoms with E-state index in [1.165, 1.54) is 0 Å². The minimum Gasteiger partial charge on any atom is -0.399 e. The minimum atomic E-state index is -0.482. The molecule has 0 spiro atoms. The molecule has 22 heavy (non-hydrogen) atoms. The van der Waals surface area contributed by atoms with Crippen LogP contribution < -0.4 is 10.6 Å². The Labute approximate surface area is 134 Å². The molecule has 2 aromatic rings. The molecule has 1 amide bonds. The number of benzodiazepines with no additional fused rings is 1. The molecule has 1 heterocycles. The number of hydrogen-bond acceptors (Lipinski definition) is 3. The highest BCUT2D eigenvalue weighted by Gasteiger charge is 2.27. The molecule has 1 unspecified atom stereocenters. The molecule has 1 aliphatic heterocycles. The number of nitrogens with zero attached hydrogens (tertiary/aromatic N) is 2. The maximum Gasteiger partial charge on any atom is 0.251 e. The maximum atomic E-state index is 12.4. The zero-order valence-corrected chi connectivity index (χ0v) is 13.1. The smallest absolute Gasteiger partial charge is 0.251 e. The van der Waals surface area contributed by atoms with Crippen molar-refractivity contribution >= 4 is 34.6 Å². The summed E-state index contributed by atoms with van der Waals surface area (Å²) in [7, 11) is 1.75. The fourth-order valence-electron chi connectivity index (χ4n) is 2.62. The SMILES string of the molecule is CC1N=C(c2ccccc2Cl)c2cc(N)ccc2N(C)C1=O. The summed E-state index contributed by atoms with van der Waals surface area (Å²) in [5.74, 6) is -0.0620. The van der Waals surface area contributed by atoms with Crippen molar-refractivity contribution in [1.82, 2.24) is 0 Å². The number of amides is 1. The van der Waals surface area contributed by atoms with E-state index in [4.69, 9.17) is 17.3 Å². The molecule has 3 rings (SSSR count). The van der Waals surface area contributed by atoms with E-state index in [-0.39, 0.29) is 5.91 Å². The van der Waals surface area contributed by atoms with E-state index in [1.54, 1.807) is 24.9 Å². The molecular formula is C17H16ClN3O. The quantitative estimate of drug-likeness (QED) is 0.822. The van der Waals surface area contributed by atoms with Crippen LogP contribution >= 0.6 is 11.6 Å². The van der Waals surface area contributed by atoms with Gasteiger partial charge in [-0.1, -0.05) is 29.8 Å². The standard InChI is InChI=1S/C17H16ClN3O/c1-10-17(22)21(2)15-8-7-11(19)9-13(15)16(20-10)12-5-3-4-6-14(12)18/h3-10H,19H2,1-2H3. The molecular weight excluding hydrogens is 298 g/mol. The second kappa shape index (κ2) is 5.46. The van der Waals surface area contributed by atoms with Gasteiger partial charge in [-0.3, -0.25) is 9.79 Å². The number of benzene rings is 2. The van der Waals surface area contributed by atoms with Gasteiger partial charge in [0, 0.05) is 28.9 Å². The van der Waals surface area contributed by atoms with Crippen molar-refractivity contribution in [3.05, 3.63) is 58.6 Å². The largest absolute Gasteiger partial charge is 0.399 e. The number of nitrogens with two attached hydrogens (primary N) is 1. The molecule has 0 bridgehead atoms. The number of halogens is 1. The van der Waals surface area contributed by atoms with Gasteiger partial charge in [0.15, 0.2) is 0 Å². The number of anilines is 2. The van der Waals surface area contributed by atoms with Crippen LogP contribution in [0.4, 0.5) is 11.4 Å². The molecule has 0 saturated heterocycles. The van der Waals surface area contributed by atoms with E-state index in [2.05, 4.69) is 4.99 Å². The van der Waals surface area contributed by atoms with Crippen LogP contribution in [-0.4, -0.2) is 24.7 Å². The molecule has 2 N–H and O–H groups in total. The fraction of sp³-hybridized carbons (Fsp3) is 0.176. The Balaban J connectivity index is 2.31. The number of likely N-dealkylation sites (N-methyl/N-ethyl adjacent to an activating group) is 1. The lowest BCUT2D eigenvalue weighted by Gasteiger charge is -2.19. The molecule has 0 aliphatic carbocycles. The van der Waals surface area contributed by atoms with Crippen LogP contribution in [0.1, 0.15) is 18.1 Å². The first-order valence-electron chi connectivity index (χ1n) is 6.99. The van der Waals surface area contributed by atoms with Crippen molar-refractivity contribution in [3.63, 3.8) is 0 Å². The monoisotopic (exact) mass is 313 g/mol. The molecule has 0 fully saturated rings. The van der Waals surface area contributed by atoms with Crippen molar-refractivity contribution in [2.45, 2.75) is 13.0 Å². The highest BCUT2D eigenvalue weighted by Crippen LogP contribution is 2.31. The van der Waals surface area contributed by atoms with Gasteiger partial charge in [0.05, 0.1) is 11.4 Å². The first-order valence-corrected chi connectivity index (χ1v) is 7.37. The third-order valence-electron chi connectivity index (χ3n) is 3.78. The second-order valence-electron chi connectivity index (χ2n) is 5.31. The second-order valence-corrected chi connectivity index (χ2v) is 5.71. The zero-order valence-electron chi connectivity index (χ0n) is 12.4. The fourth-order valence-corrected chi connectivity index (χ4v) is 2.85. The Morgan fingerprint density at radius 1 is 1.18 bits per heavy atom. The highest BCUT2D eigenvalue weighted by molar-refractivity contribution is 6.36. The Morgan fingerprint density at radius 3 is 2.64 bits per heavy atom. The van der Waals surface area contributed by atoms with Crippen LogP contribution in [0, 0.1) is 0 Å². The summed E-state index contributed by atoms with van der Waals surface area (Å²) in [6.45, 7) is 1.78. The van der Waals surface area contributed by atoms with Gasteiger partial charge in [0.25, 0.3) is 5.91 Å². The number of hydrogen-bond donors (Lipinski definition) is 1. The molecule has 0 radical (unpaired) electrons. The first-order chi connectivity index (χ1) is 10.5. The van der Waals surface area contributed by atoms with Crippen LogP contribution in [0.25, 0.3) is 0 Å². The summed E-state index contributed by atoms with van der Waals surface area (Å²) in [5, 5.41) is 0.596. The first kappa shape index (κ1) is 14.6. The van der Waals surface area contributed by atoms with Crippen molar-refractivity contribution in [3.8, 4) is 0 Å². The molecule has 2 aromatic carbocycles. The molecule has 5 heteroatoms. The van der Waals surface area contributed by atoms with Crippen LogP contribution in [0.5, 0.6) is 0 Å². The topological polar surface area (TPSA) is 58.7 Å². The molecule has 1 atom stereocenters. The summed E-state index contributed by atoms with van der Waals surface area (Å²) >= 11 is 6.33. The number of nitrogen functional groups attached to an aromatic ring is 1. The number of aliphatic imine (C=N–C) groups is 1. The molecule has 112 valence electrons. The third kappa shape index (κ3) is 2.35. The van der Waals surface area contributed by atoms with Gasteiger partial charge in [-0.25, -0.2) is 0 Å². The predicted molar refractivity (Wildman–Crippen MR) is 90.8 cm³/mol. The van der Waals surface area contributed by atoms with Crippen molar-refractivity contribution in [1.29, 1.82) is 0 Å². The van der Waals surface area contributed by atoms with Crippen LogP contribution in [0.2, 0.25) is 5.02 Å². The third-order valence-corrected chi connectivity index (χ3v) is 4.11. The highest BCUT2D eigenvalue weighted by atomic mass is 35.5. The van der Waals surface area contributed by atoms with Gasteiger partial charge < -0.3 is 10.6 Å². The maximum absolute atomic E-state index is 12.4. The molecule has 4 nitrogen and oxygen atoms in total. The number of rotatable bonds is 1. The van der Waals surface area contributed by atoms with Gasteiger partial charge in [0.2, 0.25) is 0 Å². The summed E-state index contributed by atoms with van der Waals surface area (Å²) in [6.07, 6.45) is 0. The van der Waals surface area contributed by atoms with Gasteiger partial charge in [-0.05, 0) is 31.2 Å². The van der Waals surface area contributed by atoms with Crippen molar-refractivity contribution in [2.24, 2.45) is 4.99 Å². The van der Waals surface area contributed by atoms with Gasteiger partial charge in [-0.2, -0.15) is 0 Å². The van der Waals surface area contributed by atoms with E-state index in [0.29, 0.717) is 16.4 Å². The number of carbonyl (C=O) groups is 1. The number of carbonyl (C=O) groups excluding carboxylic acids is 1. The van der Waals surface area contributed by atoms with E-state index >= 15 is 0 Å². The lowest BCUT2D eigenvalue weighted by atomic mass is 9.99. The van der Waals surface area contributed by atoms with E-state index in [9.17, 15) is 4.79 Å². The van der Waals surface area contributed by atoms with Gasteiger partial charge >= 0.3 is 0 Å². The normalized spacial score (nSPS) is 17.8. The average molecular weight is 314 g/mol. The van der Waals surface area contributed by atoms with Crippen molar-refractivity contribution in [2.75, 3.05) is 17.7 Å². The predicted octanol–water partition coefficient (Wildman–Crippen LogP) is 3.12. The van der Waals surface area contributed by atoms with Gasteiger partial charge in [-0.15, -0.1) is 0 Å². The Bertz CT molecular complexity index is 785. The van der Waals surface area contributed by atoms with Crippen LogP contribution in [0.3, 0.4) is 0 Å². The van der Waals surface area contributed by atoms with E-state index in [1.807, 2.05) is 36.4 Å². The lowest BCUT2D eigenvalue weighted by Crippen LogP contribution is -2.32. The summed E-state index contributed by atoms with van der Waals surface area (Å²) < 4.78 is 0.